The van der Waals surface area contributed by atoms with Crippen LogP contribution in [0.25, 0.3) is 0 Å². The molecule has 5 heteroatoms. The molecule has 0 bridgehead atoms. The Morgan fingerprint density at radius 1 is 1.46 bits per heavy atom. The van der Waals surface area contributed by atoms with Crippen molar-refractivity contribution < 1.29 is 13.2 Å². The van der Waals surface area contributed by atoms with E-state index in [1.54, 1.807) is 20.9 Å². The molecule has 0 aliphatic rings. The minimum Gasteiger partial charge on any atom is -0.311 e. The van der Waals surface area contributed by atoms with E-state index in [4.69, 9.17) is 0 Å². The van der Waals surface area contributed by atoms with Crippen LogP contribution in [-0.2, 0) is 14.6 Å². The maximum atomic E-state index is 11.2. The smallest absolute Gasteiger partial charge is 0.150 e. The number of rotatable bonds is 6. The molecule has 0 rings (SSSR count). The molecular formula is C8H17NO3S. The maximum absolute atomic E-state index is 11.2. The quantitative estimate of drug-likeness (QED) is 0.665. The van der Waals surface area contributed by atoms with E-state index in [9.17, 15) is 13.2 Å². The minimum absolute atomic E-state index is 0.0334. The lowest BCUT2D eigenvalue weighted by Gasteiger charge is -2.08. The SMILES string of the molecule is CCS(=O)(=O)CCC(=O)C(C)NC. The molecule has 0 spiro atoms. The average Bonchev–Trinajstić information content (AvgIpc) is 2.13. The molecule has 1 N–H and O–H groups in total. The standard InChI is InChI=1S/C8H17NO3S/c1-4-13(11,12)6-5-8(10)7(2)9-3/h7,9H,4-6H2,1-3H3. The molecule has 0 aliphatic heterocycles. The predicted octanol–water partition coefficient (Wildman–Crippen LogP) is -0.0118. The van der Waals surface area contributed by atoms with Crippen LogP contribution in [0.2, 0.25) is 0 Å². The van der Waals surface area contributed by atoms with Crippen molar-refractivity contribution in [3.63, 3.8) is 0 Å². The van der Waals surface area contributed by atoms with Crippen LogP contribution in [0.1, 0.15) is 20.3 Å². The normalized spacial score (nSPS) is 14.1. The summed E-state index contributed by atoms with van der Waals surface area (Å²) in [4.78, 5) is 11.2. The molecule has 0 aliphatic carbocycles. The zero-order valence-corrected chi connectivity index (χ0v) is 9.15. The van der Waals surface area contributed by atoms with Gasteiger partial charge in [-0.1, -0.05) is 6.92 Å². The van der Waals surface area contributed by atoms with Gasteiger partial charge in [0.15, 0.2) is 0 Å². The second-order valence-electron chi connectivity index (χ2n) is 2.96. The van der Waals surface area contributed by atoms with Gasteiger partial charge in [0.05, 0.1) is 11.8 Å². The maximum Gasteiger partial charge on any atom is 0.150 e. The fourth-order valence-electron chi connectivity index (χ4n) is 0.778. The summed E-state index contributed by atoms with van der Waals surface area (Å²) in [7, 11) is -1.33. The zero-order valence-electron chi connectivity index (χ0n) is 8.33. The van der Waals surface area contributed by atoms with Crippen molar-refractivity contribution >= 4 is 15.6 Å². The number of carbonyl (C=O) groups excluding carboxylic acids is 1. The number of carbonyl (C=O) groups is 1. The summed E-state index contributed by atoms with van der Waals surface area (Å²) in [5.41, 5.74) is 0. The molecule has 0 fully saturated rings. The highest BCUT2D eigenvalue weighted by molar-refractivity contribution is 7.91. The predicted molar refractivity (Wildman–Crippen MR) is 52.5 cm³/mol. The Morgan fingerprint density at radius 2 is 2.00 bits per heavy atom. The second kappa shape index (κ2) is 5.34. The Morgan fingerprint density at radius 3 is 2.38 bits per heavy atom. The van der Waals surface area contributed by atoms with Crippen LogP contribution in [0.4, 0.5) is 0 Å². The van der Waals surface area contributed by atoms with Crippen LogP contribution in [0, 0.1) is 0 Å². The highest BCUT2D eigenvalue weighted by atomic mass is 32.2. The van der Waals surface area contributed by atoms with Crippen molar-refractivity contribution in [1.82, 2.24) is 5.32 Å². The molecule has 0 radical (unpaired) electrons. The molecule has 0 aromatic carbocycles. The number of hydrogen-bond donors (Lipinski definition) is 1. The highest BCUT2D eigenvalue weighted by Gasteiger charge is 2.14. The van der Waals surface area contributed by atoms with E-state index in [1.807, 2.05) is 0 Å². The van der Waals surface area contributed by atoms with Gasteiger partial charge < -0.3 is 5.32 Å². The van der Waals surface area contributed by atoms with Crippen LogP contribution in [0.5, 0.6) is 0 Å². The van der Waals surface area contributed by atoms with Gasteiger partial charge in [0, 0.05) is 12.2 Å². The Bertz CT molecular complexity index is 259. The van der Waals surface area contributed by atoms with Crippen molar-refractivity contribution in [2.75, 3.05) is 18.6 Å². The Labute approximate surface area is 79.6 Å². The van der Waals surface area contributed by atoms with E-state index in [0.717, 1.165) is 0 Å². The monoisotopic (exact) mass is 207 g/mol. The van der Waals surface area contributed by atoms with E-state index in [1.165, 1.54) is 0 Å². The van der Waals surface area contributed by atoms with Gasteiger partial charge in [0.25, 0.3) is 0 Å². The van der Waals surface area contributed by atoms with Crippen molar-refractivity contribution in [2.45, 2.75) is 26.3 Å². The van der Waals surface area contributed by atoms with Gasteiger partial charge in [-0.3, -0.25) is 4.79 Å². The fraction of sp³-hybridized carbons (Fsp3) is 0.875. The third kappa shape index (κ3) is 5.00. The molecular weight excluding hydrogens is 190 g/mol. The first-order valence-electron chi connectivity index (χ1n) is 4.33. The van der Waals surface area contributed by atoms with Gasteiger partial charge in [-0.25, -0.2) is 8.42 Å². The molecule has 4 nitrogen and oxygen atoms in total. The van der Waals surface area contributed by atoms with Gasteiger partial charge >= 0.3 is 0 Å². The molecule has 1 unspecified atom stereocenters. The first-order valence-corrected chi connectivity index (χ1v) is 6.15. The first-order chi connectivity index (χ1) is 5.93. The molecule has 0 heterocycles. The van der Waals surface area contributed by atoms with Crippen molar-refractivity contribution in [3.05, 3.63) is 0 Å². The topological polar surface area (TPSA) is 63.2 Å². The minimum atomic E-state index is -3.00. The number of hydrogen-bond acceptors (Lipinski definition) is 4. The molecule has 13 heavy (non-hydrogen) atoms. The van der Waals surface area contributed by atoms with Crippen LogP contribution in [0.15, 0.2) is 0 Å². The van der Waals surface area contributed by atoms with Crippen LogP contribution < -0.4 is 5.32 Å². The lowest BCUT2D eigenvalue weighted by Crippen LogP contribution is -2.32. The largest absolute Gasteiger partial charge is 0.311 e. The van der Waals surface area contributed by atoms with Gasteiger partial charge in [0.1, 0.15) is 15.6 Å². The number of nitrogens with one attached hydrogen (secondary N) is 1. The lowest BCUT2D eigenvalue weighted by molar-refractivity contribution is -0.120. The molecule has 0 saturated heterocycles. The summed E-state index contributed by atoms with van der Waals surface area (Å²) in [5, 5.41) is 2.77. The zero-order chi connectivity index (χ0) is 10.5. The van der Waals surface area contributed by atoms with E-state index < -0.39 is 9.84 Å². The number of sulfone groups is 1. The first kappa shape index (κ1) is 12.6. The summed E-state index contributed by atoms with van der Waals surface area (Å²) < 4.78 is 22.1. The second-order valence-corrected chi connectivity index (χ2v) is 5.44. The van der Waals surface area contributed by atoms with Crippen molar-refractivity contribution in [1.29, 1.82) is 0 Å². The number of ketones is 1. The van der Waals surface area contributed by atoms with E-state index in [0.29, 0.717) is 0 Å². The lowest BCUT2D eigenvalue weighted by atomic mass is 10.2. The highest BCUT2D eigenvalue weighted by Crippen LogP contribution is 1.97. The average molecular weight is 207 g/mol. The van der Waals surface area contributed by atoms with Gasteiger partial charge in [-0.15, -0.1) is 0 Å². The molecule has 0 amide bonds. The Balaban J connectivity index is 3.97. The summed E-state index contributed by atoms with van der Waals surface area (Å²) >= 11 is 0. The van der Waals surface area contributed by atoms with E-state index in [2.05, 4.69) is 5.32 Å². The van der Waals surface area contributed by atoms with Gasteiger partial charge in [-0.2, -0.15) is 0 Å². The molecule has 0 aromatic heterocycles. The van der Waals surface area contributed by atoms with Crippen LogP contribution in [0.3, 0.4) is 0 Å². The summed E-state index contributed by atoms with van der Waals surface area (Å²) in [6.07, 6.45) is 0.109. The number of likely N-dealkylation sites (N-methyl/N-ethyl adjacent to an activating group) is 1. The van der Waals surface area contributed by atoms with Crippen molar-refractivity contribution in [3.8, 4) is 0 Å². The van der Waals surface area contributed by atoms with E-state index in [-0.39, 0.29) is 29.8 Å². The summed E-state index contributed by atoms with van der Waals surface area (Å²) in [6, 6.07) is -0.257. The molecule has 1 atom stereocenters. The van der Waals surface area contributed by atoms with Crippen LogP contribution >= 0.6 is 0 Å². The van der Waals surface area contributed by atoms with Crippen molar-refractivity contribution in [2.24, 2.45) is 0 Å². The Kier molecular flexibility index (Phi) is 5.17. The third-order valence-corrected chi connectivity index (χ3v) is 3.72. The third-order valence-electron chi connectivity index (χ3n) is 2.02. The molecule has 78 valence electrons. The van der Waals surface area contributed by atoms with E-state index >= 15 is 0 Å². The fourth-order valence-corrected chi connectivity index (χ4v) is 1.58. The number of Topliss-reactive ketones (excluding diaryl/α,β-unsaturated/α-hetero) is 1. The summed E-state index contributed by atoms with van der Waals surface area (Å²) in [6.45, 7) is 3.31. The summed E-state index contributed by atoms with van der Waals surface area (Å²) in [5.74, 6) is 0.0160. The molecule has 0 saturated carbocycles. The Hall–Kier alpha value is -0.420. The van der Waals surface area contributed by atoms with Gasteiger partial charge in [0.2, 0.25) is 0 Å². The van der Waals surface area contributed by atoms with Gasteiger partial charge in [-0.05, 0) is 14.0 Å². The molecule has 0 aromatic rings. The van der Waals surface area contributed by atoms with Crippen LogP contribution in [-0.4, -0.2) is 38.8 Å².